The summed E-state index contributed by atoms with van der Waals surface area (Å²) in [6.45, 7) is 5.75. The molecule has 1 N–H and O–H groups in total. The highest BCUT2D eigenvalue weighted by Gasteiger charge is 2.41. The van der Waals surface area contributed by atoms with Crippen LogP contribution in [0.5, 0.6) is 0 Å². The number of nitrogens with one attached hydrogen (secondary N) is 1. The first-order chi connectivity index (χ1) is 17.7. The zero-order valence-electron chi connectivity index (χ0n) is 21.2. The van der Waals surface area contributed by atoms with Crippen molar-refractivity contribution >= 4 is 33.4 Å². The number of nitrogens with zero attached hydrogens (tertiary/aromatic N) is 3. The third-order valence-corrected chi connectivity index (χ3v) is 7.98. The molecule has 0 saturated heterocycles. The lowest BCUT2D eigenvalue weighted by atomic mass is 9.62. The Morgan fingerprint density at radius 3 is 2.54 bits per heavy atom. The van der Waals surface area contributed by atoms with E-state index in [1.165, 1.54) is 5.56 Å². The molecule has 37 heavy (non-hydrogen) atoms. The second-order valence-electron chi connectivity index (χ2n) is 10.9. The van der Waals surface area contributed by atoms with E-state index in [1.807, 2.05) is 51.1 Å². The zero-order valence-corrected chi connectivity index (χ0v) is 22.8. The number of pyridine rings is 1. The number of halogens is 1. The monoisotopic (exact) mass is 556 g/mol. The van der Waals surface area contributed by atoms with Gasteiger partial charge in [0.15, 0.2) is 5.82 Å². The number of anilines is 2. The van der Waals surface area contributed by atoms with Crippen molar-refractivity contribution in [3.63, 3.8) is 0 Å². The van der Waals surface area contributed by atoms with Crippen LogP contribution in [0.15, 0.2) is 71.5 Å². The van der Waals surface area contributed by atoms with Gasteiger partial charge in [-0.05, 0) is 79.4 Å². The molecule has 0 spiro atoms. The Morgan fingerprint density at radius 1 is 1.08 bits per heavy atom. The lowest BCUT2D eigenvalue weighted by Crippen LogP contribution is -2.38. The van der Waals surface area contributed by atoms with E-state index in [9.17, 15) is 4.79 Å². The Hall–Kier alpha value is -3.45. The summed E-state index contributed by atoms with van der Waals surface area (Å²) in [7, 11) is 0. The van der Waals surface area contributed by atoms with Crippen LogP contribution in [-0.4, -0.2) is 26.1 Å². The van der Waals surface area contributed by atoms with Crippen molar-refractivity contribution in [2.75, 3.05) is 5.32 Å². The first kappa shape index (κ1) is 23.9. The highest BCUT2D eigenvalue weighted by Crippen LogP contribution is 2.48. The van der Waals surface area contributed by atoms with Gasteiger partial charge in [-0.15, -0.1) is 0 Å². The minimum atomic E-state index is -0.473. The molecule has 6 nitrogen and oxygen atoms in total. The van der Waals surface area contributed by atoms with Gasteiger partial charge >= 0.3 is 5.97 Å². The number of ether oxygens (including phenoxy) is 1. The van der Waals surface area contributed by atoms with E-state index in [2.05, 4.69) is 61.1 Å². The fourth-order valence-electron chi connectivity index (χ4n) is 5.38. The SMILES string of the molecule is CC(C)(C)OC(=O)CC1(c2ccc(-c3nc4n(c3Br)-c3cccnc3Nc3ccccc3-4)cc2)CCC1. The van der Waals surface area contributed by atoms with E-state index >= 15 is 0 Å². The molecule has 1 aliphatic carbocycles. The Morgan fingerprint density at radius 2 is 1.84 bits per heavy atom. The molecule has 0 atom stereocenters. The number of para-hydroxylation sites is 1. The quantitative estimate of drug-likeness (QED) is 0.231. The Balaban J connectivity index is 1.38. The normalized spacial score (nSPS) is 15.4. The molecule has 6 rings (SSSR count). The fourth-order valence-corrected chi connectivity index (χ4v) is 6.06. The average Bonchev–Trinajstić information content (AvgIpc) is 3.10. The molecule has 4 aromatic rings. The molecule has 0 amide bonds. The predicted octanol–water partition coefficient (Wildman–Crippen LogP) is 7.57. The third kappa shape index (κ3) is 4.25. The van der Waals surface area contributed by atoms with Gasteiger partial charge in [0, 0.05) is 22.7 Å². The maximum atomic E-state index is 12.7. The molecule has 0 unspecified atom stereocenters. The molecule has 2 aromatic carbocycles. The van der Waals surface area contributed by atoms with E-state index in [1.54, 1.807) is 6.20 Å². The molecule has 1 fully saturated rings. The van der Waals surface area contributed by atoms with Crippen LogP contribution in [-0.2, 0) is 14.9 Å². The summed E-state index contributed by atoms with van der Waals surface area (Å²) >= 11 is 3.86. The molecule has 188 valence electrons. The van der Waals surface area contributed by atoms with Crippen LogP contribution in [0.25, 0.3) is 28.3 Å². The lowest BCUT2D eigenvalue weighted by molar-refractivity contribution is -0.157. The molecule has 7 heteroatoms. The Labute approximate surface area is 225 Å². The Kier molecular flexibility index (Phi) is 5.71. The van der Waals surface area contributed by atoms with Crippen molar-refractivity contribution in [2.24, 2.45) is 0 Å². The minimum absolute atomic E-state index is 0.128. The van der Waals surface area contributed by atoms with Gasteiger partial charge in [0.05, 0.1) is 17.8 Å². The van der Waals surface area contributed by atoms with Crippen molar-refractivity contribution in [3.8, 4) is 28.3 Å². The van der Waals surface area contributed by atoms with E-state index in [0.717, 1.165) is 63.7 Å². The molecule has 1 saturated carbocycles. The first-order valence-corrected chi connectivity index (χ1v) is 13.5. The number of benzene rings is 2. The largest absolute Gasteiger partial charge is 0.460 e. The smallest absolute Gasteiger partial charge is 0.307 e. The van der Waals surface area contributed by atoms with Crippen LogP contribution in [0.1, 0.15) is 52.0 Å². The summed E-state index contributed by atoms with van der Waals surface area (Å²) in [4.78, 5) is 22.4. The number of hydrogen-bond donors (Lipinski definition) is 1. The van der Waals surface area contributed by atoms with Gasteiger partial charge in [0.25, 0.3) is 0 Å². The number of aromatic nitrogens is 3. The predicted molar refractivity (Wildman–Crippen MR) is 149 cm³/mol. The first-order valence-electron chi connectivity index (χ1n) is 12.7. The lowest BCUT2D eigenvalue weighted by Gasteiger charge is -2.42. The number of carbonyl (C=O) groups is 1. The van der Waals surface area contributed by atoms with Crippen LogP contribution < -0.4 is 5.32 Å². The molecule has 1 aliphatic heterocycles. The highest BCUT2D eigenvalue weighted by molar-refractivity contribution is 9.10. The summed E-state index contributed by atoms with van der Waals surface area (Å²) in [6, 6.07) is 20.7. The van der Waals surface area contributed by atoms with E-state index in [4.69, 9.17) is 9.72 Å². The van der Waals surface area contributed by atoms with Gasteiger partial charge < -0.3 is 10.1 Å². The van der Waals surface area contributed by atoms with Crippen LogP contribution in [0.3, 0.4) is 0 Å². The standard InChI is InChI=1S/C30H29BrN4O2/c1-29(2,3)37-24(36)18-30(15-7-16-30)20-13-11-19(12-14-20)25-26(31)35-23-10-6-17-32-27(23)33-22-9-5-4-8-21(22)28(35)34-25/h4-6,8-14,17H,7,15-16,18H2,1-3H3,(H,32,33). The van der Waals surface area contributed by atoms with Crippen molar-refractivity contribution in [1.29, 1.82) is 0 Å². The molecular formula is C30H29BrN4O2. The molecule has 0 bridgehead atoms. The van der Waals surface area contributed by atoms with Gasteiger partial charge in [0.1, 0.15) is 21.7 Å². The second-order valence-corrected chi connectivity index (χ2v) is 11.7. The second kappa shape index (κ2) is 8.84. The molecule has 0 radical (unpaired) electrons. The maximum Gasteiger partial charge on any atom is 0.307 e. The van der Waals surface area contributed by atoms with Gasteiger partial charge in [-0.25, -0.2) is 9.97 Å². The van der Waals surface area contributed by atoms with E-state index < -0.39 is 5.60 Å². The third-order valence-electron chi connectivity index (χ3n) is 7.25. The number of rotatable bonds is 4. The van der Waals surface area contributed by atoms with Crippen molar-refractivity contribution < 1.29 is 9.53 Å². The average molecular weight is 557 g/mol. The van der Waals surface area contributed by atoms with Gasteiger partial charge in [-0.2, -0.15) is 0 Å². The highest BCUT2D eigenvalue weighted by atomic mass is 79.9. The van der Waals surface area contributed by atoms with Crippen LogP contribution >= 0.6 is 15.9 Å². The minimum Gasteiger partial charge on any atom is -0.460 e. The summed E-state index contributed by atoms with van der Waals surface area (Å²) in [6.07, 6.45) is 5.34. The van der Waals surface area contributed by atoms with Crippen LogP contribution in [0.4, 0.5) is 11.5 Å². The van der Waals surface area contributed by atoms with Crippen molar-refractivity contribution in [2.45, 2.75) is 57.5 Å². The number of esters is 1. The summed E-state index contributed by atoms with van der Waals surface area (Å²) in [5.41, 5.74) is 5.36. The van der Waals surface area contributed by atoms with Crippen molar-refractivity contribution in [1.82, 2.24) is 14.5 Å². The number of hydrogen-bond acceptors (Lipinski definition) is 5. The molecular weight excluding hydrogens is 528 g/mol. The molecule has 2 aliphatic rings. The molecule has 2 aromatic heterocycles. The number of imidazole rings is 1. The zero-order chi connectivity index (χ0) is 25.8. The van der Waals surface area contributed by atoms with Gasteiger partial charge in [0.2, 0.25) is 0 Å². The Bertz CT molecular complexity index is 1500. The molecule has 3 heterocycles. The van der Waals surface area contributed by atoms with Gasteiger partial charge in [-0.3, -0.25) is 9.36 Å². The maximum absolute atomic E-state index is 12.7. The number of carbonyl (C=O) groups excluding carboxylic acids is 1. The van der Waals surface area contributed by atoms with E-state index in [-0.39, 0.29) is 11.4 Å². The van der Waals surface area contributed by atoms with Crippen molar-refractivity contribution in [3.05, 3.63) is 77.0 Å². The fraction of sp³-hybridized carbons (Fsp3) is 0.300. The summed E-state index contributed by atoms with van der Waals surface area (Å²) in [5.74, 6) is 1.50. The topological polar surface area (TPSA) is 69.0 Å². The summed E-state index contributed by atoms with van der Waals surface area (Å²) < 4.78 is 8.63. The van der Waals surface area contributed by atoms with E-state index in [0.29, 0.717) is 6.42 Å². The van der Waals surface area contributed by atoms with Crippen LogP contribution in [0.2, 0.25) is 0 Å². The van der Waals surface area contributed by atoms with Crippen LogP contribution in [0, 0.1) is 0 Å². The van der Waals surface area contributed by atoms with Gasteiger partial charge in [-0.1, -0.05) is 42.8 Å². The summed E-state index contributed by atoms with van der Waals surface area (Å²) in [5, 5.41) is 3.46. The number of fused-ring (bicyclic) bond motifs is 5.